The summed E-state index contributed by atoms with van der Waals surface area (Å²) in [7, 11) is 0. The molecule has 4 heterocycles. The minimum Gasteiger partial charge on any atom is -0.306 e. The minimum absolute atomic E-state index is 0.719. The van der Waals surface area contributed by atoms with E-state index < -0.39 is 0 Å². The van der Waals surface area contributed by atoms with Gasteiger partial charge in [0.15, 0.2) is 0 Å². The molecule has 3 aromatic heterocycles. The molecule has 118 valence electrons. The van der Waals surface area contributed by atoms with Gasteiger partial charge < -0.3 is 9.30 Å². The van der Waals surface area contributed by atoms with Gasteiger partial charge in [-0.15, -0.1) is 0 Å². The SMILES string of the molecule is CC1CCCN1CCc1cn2cc(-c3cncnc3)ccc2n1. The molecule has 1 aliphatic heterocycles. The fraction of sp³-hybridized carbons (Fsp3) is 0.389. The number of nitrogens with zero attached hydrogens (tertiary/aromatic N) is 5. The zero-order chi connectivity index (χ0) is 15.6. The molecule has 5 nitrogen and oxygen atoms in total. The molecule has 3 aromatic rings. The van der Waals surface area contributed by atoms with E-state index in [1.807, 2.05) is 12.4 Å². The minimum atomic E-state index is 0.719. The maximum atomic E-state index is 4.74. The highest BCUT2D eigenvalue weighted by atomic mass is 15.2. The van der Waals surface area contributed by atoms with Crippen molar-refractivity contribution in [3.05, 3.63) is 48.9 Å². The highest BCUT2D eigenvalue weighted by Gasteiger charge is 2.19. The van der Waals surface area contributed by atoms with E-state index in [0.717, 1.165) is 41.5 Å². The lowest BCUT2D eigenvalue weighted by Gasteiger charge is -2.19. The van der Waals surface area contributed by atoms with E-state index in [2.05, 4.69) is 50.7 Å². The molecule has 0 N–H and O–H groups in total. The molecule has 23 heavy (non-hydrogen) atoms. The van der Waals surface area contributed by atoms with Crippen molar-refractivity contribution >= 4 is 5.65 Å². The Morgan fingerprint density at radius 1 is 1.13 bits per heavy atom. The summed E-state index contributed by atoms with van der Waals surface area (Å²) >= 11 is 0. The fourth-order valence-corrected chi connectivity index (χ4v) is 3.37. The zero-order valence-electron chi connectivity index (χ0n) is 13.4. The molecule has 0 amide bonds. The number of hydrogen-bond donors (Lipinski definition) is 0. The molecule has 0 aliphatic carbocycles. The number of fused-ring (bicyclic) bond motifs is 1. The van der Waals surface area contributed by atoms with Crippen molar-refractivity contribution in [2.24, 2.45) is 0 Å². The zero-order valence-corrected chi connectivity index (χ0v) is 13.4. The highest BCUT2D eigenvalue weighted by molar-refractivity contribution is 5.62. The van der Waals surface area contributed by atoms with Gasteiger partial charge in [-0.2, -0.15) is 0 Å². The Hall–Kier alpha value is -2.27. The summed E-state index contributed by atoms with van der Waals surface area (Å²) < 4.78 is 2.10. The molecule has 1 fully saturated rings. The molecular formula is C18H21N5. The van der Waals surface area contributed by atoms with Gasteiger partial charge in [0, 0.05) is 54.9 Å². The van der Waals surface area contributed by atoms with Gasteiger partial charge in [-0.05, 0) is 38.4 Å². The van der Waals surface area contributed by atoms with Crippen molar-refractivity contribution in [1.29, 1.82) is 0 Å². The van der Waals surface area contributed by atoms with E-state index in [1.54, 1.807) is 6.33 Å². The number of pyridine rings is 1. The smallest absolute Gasteiger partial charge is 0.137 e. The third-order valence-corrected chi connectivity index (χ3v) is 4.74. The summed E-state index contributed by atoms with van der Waals surface area (Å²) in [5.41, 5.74) is 4.28. The third-order valence-electron chi connectivity index (χ3n) is 4.74. The summed E-state index contributed by atoms with van der Waals surface area (Å²) in [5.74, 6) is 0. The van der Waals surface area contributed by atoms with Gasteiger partial charge in [0.1, 0.15) is 12.0 Å². The first-order valence-corrected chi connectivity index (χ1v) is 8.27. The number of aromatic nitrogens is 4. The standard InChI is InChI=1S/C18H21N5/c1-14-3-2-7-22(14)8-6-17-12-23-11-15(4-5-18(23)21-17)16-9-19-13-20-10-16/h4-5,9-14H,2-3,6-8H2,1H3. The van der Waals surface area contributed by atoms with E-state index in [4.69, 9.17) is 4.98 Å². The molecule has 1 saturated heterocycles. The predicted octanol–water partition coefficient (Wildman–Crippen LogP) is 2.82. The quantitative estimate of drug-likeness (QED) is 0.743. The van der Waals surface area contributed by atoms with Gasteiger partial charge in [0.25, 0.3) is 0 Å². The first-order valence-electron chi connectivity index (χ1n) is 8.27. The number of hydrogen-bond acceptors (Lipinski definition) is 4. The summed E-state index contributed by atoms with van der Waals surface area (Å²) in [5, 5.41) is 0. The molecule has 5 heteroatoms. The molecular weight excluding hydrogens is 286 g/mol. The molecule has 1 atom stereocenters. The molecule has 0 spiro atoms. The van der Waals surface area contributed by atoms with Crippen molar-refractivity contribution in [2.45, 2.75) is 32.2 Å². The van der Waals surface area contributed by atoms with Gasteiger partial charge in [-0.3, -0.25) is 0 Å². The topological polar surface area (TPSA) is 46.3 Å². The van der Waals surface area contributed by atoms with Crippen molar-refractivity contribution in [1.82, 2.24) is 24.3 Å². The van der Waals surface area contributed by atoms with Gasteiger partial charge in [-0.25, -0.2) is 15.0 Å². The van der Waals surface area contributed by atoms with E-state index in [1.165, 1.54) is 19.4 Å². The monoisotopic (exact) mass is 307 g/mol. The fourth-order valence-electron chi connectivity index (χ4n) is 3.37. The maximum Gasteiger partial charge on any atom is 0.137 e. The van der Waals surface area contributed by atoms with Crippen LogP contribution in [0.4, 0.5) is 0 Å². The van der Waals surface area contributed by atoms with Crippen LogP contribution in [0.1, 0.15) is 25.5 Å². The highest BCUT2D eigenvalue weighted by Crippen LogP contribution is 2.19. The Labute approximate surface area is 136 Å². The largest absolute Gasteiger partial charge is 0.306 e. The van der Waals surface area contributed by atoms with Crippen LogP contribution in [0.3, 0.4) is 0 Å². The molecule has 0 radical (unpaired) electrons. The van der Waals surface area contributed by atoms with Crippen LogP contribution in [0, 0.1) is 0 Å². The molecule has 0 saturated carbocycles. The average molecular weight is 307 g/mol. The summed E-state index contributed by atoms with van der Waals surface area (Å²) in [6.45, 7) is 4.65. The Bertz CT molecular complexity index is 796. The lowest BCUT2D eigenvalue weighted by molar-refractivity contribution is 0.271. The lowest BCUT2D eigenvalue weighted by Crippen LogP contribution is -2.29. The molecule has 0 bridgehead atoms. The Morgan fingerprint density at radius 2 is 2.00 bits per heavy atom. The Kier molecular flexibility index (Phi) is 3.79. The van der Waals surface area contributed by atoms with Crippen molar-refractivity contribution in [2.75, 3.05) is 13.1 Å². The summed E-state index contributed by atoms with van der Waals surface area (Å²) in [4.78, 5) is 15.5. The van der Waals surface area contributed by atoms with Gasteiger partial charge >= 0.3 is 0 Å². The Morgan fingerprint density at radius 3 is 2.78 bits per heavy atom. The first-order chi connectivity index (χ1) is 11.3. The van der Waals surface area contributed by atoms with Crippen LogP contribution in [0.2, 0.25) is 0 Å². The van der Waals surface area contributed by atoms with Gasteiger partial charge in [0.2, 0.25) is 0 Å². The van der Waals surface area contributed by atoms with E-state index in [9.17, 15) is 0 Å². The Balaban J connectivity index is 1.54. The van der Waals surface area contributed by atoms with Crippen LogP contribution in [0.5, 0.6) is 0 Å². The van der Waals surface area contributed by atoms with Crippen molar-refractivity contribution in [3.63, 3.8) is 0 Å². The lowest BCUT2D eigenvalue weighted by atomic mass is 10.1. The van der Waals surface area contributed by atoms with E-state index in [-0.39, 0.29) is 0 Å². The second-order valence-electron chi connectivity index (χ2n) is 6.32. The molecule has 1 unspecified atom stereocenters. The molecule has 0 aromatic carbocycles. The van der Waals surface area contributed by atoms with Crippen LogP contribution >= 0.6 is 0 Å². The number of rotatable bonds is 4. The van der Waals surface area contributed by atoms with Crippen LogP contribution < -0.4 is 0 Å². The third kappa shape index (κ3) is 2.97. The molecule has 1 aliphatic rings. The number of likely N-dealkylation sites (tertiary alicyclic amines) is 1. The van der Waals surface area contributed by atoms with Crippen LogP contribution in [-0.4, -0.2) is 43.4 Å². The number of imidazole rings is 1. The van der Waals surface area contributed by atoms with E-state index in [0.29, 0.717) is 0 Å². The van der Waals surface area contributed by atoms with Crippen LogP contribution in [-0.2, 0) is 6.42 Å². The predicted molar refractivity (Wildman–Crippen MR) is 90.2 cm³/mol. The van der Waals surface area contributed by atoms with Crippen molar-refractivity contribution < 1.29 is 0 Å². The van der Waals surface area contributed by atoms with Crippen LogP contribution in [0.25, 0.3) is 16.8 Å². The van der Waals surface area contributed by atoms with Gasteiger partial charge in [-0.1, -0.05) is 0 Å². The van der Waals surface area contributed by atoms with Crippen molar-refractivity contribution in [3.8, 4) is 11.1 Å². The first kappa shape index (κ1) is 14.3. The molecule has 4 rings (SSSR count). The second kappa shape index (κ2) is 6.08. The van der Waals surface area contributed by atoms with Crippen LogP contribution in [0.15, 0.2) is 43.2 Å². The summed E-state index contributed by atoms with van der Waals surface area (Å²) in [6, 6.07) is 4.86. The maximum absolute atomic E-state index is 4.74. The normalized spacial score (nSPS) is 18.7. The summed E-state index contributed by atoms with van der Waals surface area (Å²) in [6.07, 6.45) is 13.1. The van der Waals surface area contributed by atoms with E-state index >= 15 is 0 Å². The average Bonchev–Trinajstić information content (AvgIpc) is 3.18. The van der Waals surface area contributed by atoms with Gasteiger partial charge in [0.05, 0.1) is 5.69 Å². The second-order valence-corrected chi connectivity index (χ2v) is 6.32.